The number of nitriles is 1. The molecule has 1 spiro atoms. The van der Waals surface area contributed by atoms with E-state index < -0.39 is 21.5 Å². The molecule has 13 heteroatoms. The number of carbonyl (C=O) groups is 2. The quantitative estimate of drug-likeness (QED) is 0.442. The van der Waals surface area contributed by atoms with E-state index in [2.05, 4.69) is 11.1 Å². The third-order valence-electron chi connectivity index (χ3n) is 7.21. The van der Waals surface area contributed by atoms with Crippen LogP contribution in [0.15, 0.2) is 36.7 Å². The number of nitrogens with zero attached hydrogens (tertiary/aromatic N) is 6. The summed E-state index contributed by atoms with van der Waals surface area (Å²) in [6.07, 6.45) is 4.85. The van der Waals surface area contributed by atoms with Gasteiger partial charge in [0.05, 0.1) is 40.9 Å². The molecule has 1 aromatic carbocycles. The molecule has 38 heavy (non-hydrogen) atoms. The van der Waals surface area contributed by atoms with E-state index >= 15 is 0 Å². The van der Waals surface area contributed by atoms with Crippen LogP contribution in [0.3, 0.4) is 0 Å². The van der Waals surface area contributed by atoms with Gasteiger partial charge in [0.15, 0.2) is 0 Å². The number of aromatic nitrogens is 3. The summed E-state index contributed by atoms with van der Waals surface area (Å²) in [7, 11) is -3.97. The van der Waals surface area contributed by atoms with E-state index in [9.17, 15) is 18.0 Å². The first-order valence-electron chi connectivity index (χ1n) is 12.2. The van der Waals surface area contributed by atoms with Gasteiger partial charge in [0.1, 0.15) is 5.82 Å². The molecule has 5 rings (SSSR count). The maximum Gasteiger partial charge on any atom is 0.303 e. The number of unbranched alkanes of at least 4 members (excludes halogenated alkanes) is 1. The maximum absolute atomic E-state index is 14.1. The van der Waals surface area contributed by atoms with Crippen LogP contribution < -0.4 is 9.62 Å². The van der Waals surface area contributed by atoms with Gasteiger partial charge < -0.3 is 9.47 Å². The lowest BCUT2D eigenvalue weighted by Crippen LogP contribution is -2.52. The molecule has 1 N–H and O–H groups in total. The van der Waals surface area contributed by atoms with Crippen molar-refractivity contribution in [2.75, 3.05) is 18.0 Å². The van der Waals surface area contributed by atoms with Crippen molar-refractivity contribution < 1.29 is 18.0 Å². The van der Waals surface area contributed by atoms with E-state index in [-0.39, 0.29) is 38.4 Å². The number of nitrogens with one attached hydrogen (secondary N) is 1. The molecule has 2 aliphatic rings. The molecule has 0 radical (unpaired) electrons. The molecule has 1 fully saturated rings. The third-order valence-corrected chi connectivity index (χ3v) is 9.03. The minimum absolute atomic E-state index is 0.0924. The number of fused-ring (bicyclic) bond motifs is 3. The molecule has 3 aromatic rings. The van der Waals surface area contributed by atoms with Crippen molar-refractivity contribution in [3.63, 3.8) is 0 Å². The van der Waals surface area contributed by atoms with Crippen LogP contribution in [0.1, 0.15) is 44.0 Å². The summed E-state index contributed by atoms with van der Waals surface area (Å²) in [5.41, 5.74) is 2.15. The molecule has 0 atom stereocenters. The lowest BCUT2D eigenvalue weighted by atomic mass is 9.74. The van der Waals surface area contributed by atoms with Crippen LogP contribution in [-0.4, -0.2) is 52.2 Å². The van der Waals surface area contributed by atoms with Crippen molar-refractivity contribution in [1.82, 2.24) is 23.6 Å². The average Bonchev–Trinajstić information content (AvgIpc) is 3.32. The molecule has 0 bridgehead atoms. The summed E-state index contributed by atoms with van der Waals surface area (Å²) < 4.78 is 30.3. The van der Waals surface area contributed by atoms with Gasteiger partial charge in [-0.25, -0.2) is 9.71 Å². The monoisotopic (exact) mass is 555 g/mol. The summed E-state index contributed by atoms with van der Waals surface area (Å²) in [6, 6.07) is 9.43. The molecule has 1 saturated heterocycles. The number of rotatable bonds is 7. The molecular weight excluding hydrogens is 530 g/mol. The highest BCUT2D eigenvalue weighted by Gasteiger charge is 2.53. The van der Waals surface area contributed by atoms with Gasteiger partial charge >= 0.3 is 10.2 Å². The number of carbonyl (C=O) groups excluding carboxylic acids is 2. The van der Waals surface area contributed by atoms with Gasteiger partial charge in [-0.1, -0.05) is 11.6 Å². The second-order valence-corrected chi connectivity index (χ2v) is 11.6. The summed E-state index contributed by atoms with van der Waals surface area (Å²) in [5, 5.41) is 9.58. The molecule has 198 valence electrons. The molecule has 0 unspecified atom stereocenters. The molecule has 0 aliphatic carbocycles. The summed E-state index contributed by atoms with van der Waals surface area (Å²) in [5.74, 6) is -0.138. The van der Waals surface area contributed by atoms with Gasteiger partial charge in [-0.05, 0) is 49.1 Å². The normalized spacial score (nSPS) is 17.1. The molecule has 2 aliphatic heterocycles. The Kier molecular flexibility index (Phi) is 6.85. The van der Waals surface area contributed by atoms with Gasteiger partial charge in [-0.15, -0.1) is 0 Å². The van der Waals surface area contributed by atoms with E-state index in [4.69, 9.17) is 21.8 Å². The summed E-state index contributed by atoms with van der Waals surface area (Å²) >= 11 is 6.20. The van der Waals surface area contributed by atoms with Crippen LogP contribution in [0.5, 0.6) is 0 Å². The van der Waals surface area contributed by atoms with Gasteiger partial charge in [0, 0.05) is 44.2 Å². The first kappa shape index (κ1) is 26.1. The van der Waals surface area contributed by atoms with Crippen LogP contribution in [0.2, 0.25) is 5.02 Å². The van der Waals surface area contributed by atoms with E-state index in [0.717, 1.165) is 18.0 Å². The lowest BCUT2D eigenvalue weighted by Gasteiger charge is -2.37. The smallest absolute Gasteiger partial charge is 0.303 e. The molecule has 0 saturated carbocycles. The van der Waals surface area contributed by atoms with Crippen molar-refractivity contribution in [1.29, 1.82) is 5.26 Å². The highest BCUT2D eigenvalue weighted by molar-refractivity contribution is 7.87. The SMILES string of the molecule is CC(=O)NS(=O)(=O)N1CCC2(CC1)C(=O)N(Cc1nc3cc(Cl)ccc3n1CCCC#N)c1cnccc12. The topological polar surface area (TPSA) is 141 Å². The zero-order valence-corrected chi connectivity index (χ0v) is 22.3. The standard InChI is InChI=1S/C25H26ClN7O4S/c1-17(34)30-38(36,37)31-12-7-25(8-13-31)19-6-10-28-15-22(19)33(24(25)35)16-23-29-20-14-18(26)4-5-21(20)32(23)11-3-2-9-27/h4-6,10,14-15H,2-3,7-8,11-13,16H2,1H3,(H,30,34). The number of hydrogen-bond donors (Lipinski definition) is 1. The van der Waals surface area contributed by atoms with Gasteiger partial charge in [0.2, 0.25) is 11.8 Å². The zero-order valence-electron chi connectivity index (χ0n) is 20.7. The Morgan fingerprint density at radius 2 is 2.03 bits per heavy atom. The maximum atomic E-state index is 14.1. The van der Waals surface area contributed by atoms with Crippen molar-refractivity contribution in [2.45, 2.75) is 51.1 Å². The van der Waals surface area contributed by atoms with E-state index in [0.29, 0.717) is 41.4 Å². The number of anilines is 1. The largest absolute Gasteiger partial charge is 0.326 e. The average molecular weight is 556 g/mol. The molecule has 2 amide bonds. The van der Waals surface area contributed by atoms with Crippen molar-refractivity contribution in [3.05, 3.63) is 53.1 Å². The minimum atomic E-state index is -3.97. The highest BCUT2D eigenvalue weighted by Crippen LogP contribution is 2.48. The number of pyridine rings is 1. The fourth-order valence-corrected chi connectivity index (χ4v) is 6.79. The van der Waals surface area contributed by atoms with E-state index in [1.54, 1.807) is 29.4 Å². The van der Waals surface area contributed by atoms with Gasteiger partial charge in [0.25, 0.3) is 0 Å². The fourth-order valence-electron chi connectivity index (χ4n) is 5.46. The Labute approximate surface area is 225 Å². The molecule has 4 heterocycles. The number of amides is 2. The van der Waals surface area contributed by atoms with Crippen molar-refractivity contribution in [2.24, 2.45) is 0 Å². The van der Waals surface area contributed by atoms with Crippen molar-refractivity contribution in [3.8, 4) is 6.07 Å². The van der Waals surface area contributed by atoms with E-state index in [1.165, 1.54) is 4.31 Å². The van der Waals surface area contributed by atoms with Crippen LogP contribution in [0.25, 0.3) is 11.0 Å². The Morgan fingerprint density at radius 3 is 2.74 bits per heavy atom. The number of benzene rings is 1. The first-order chi connectivity index (χ1) is 18.2. The van der Waals surface area contributed by atoms with Gasteiger partial charge in [-0.3, -0.25) is 14.6 Å². The van der Waals surface area contributed by atoms with E-state index in [1.807, 2.05) is 21.4 Å². The highest BCUT2D eigenvalue weighted by atomic mass is 35.5. The second-order valence-electron chi connectivity index (χ2n) is 9.50. The number of aryl methyl sites for hydroxylation is 1. The summed E-state index contributed by atoms with van der Waals surface area (Å²) in [6.45, 7) is 2.08. The van der Waals surface area contributed by atoms with Crippen LogP contribution in [0, 0.1) is 11.3 Å². The predicted octanol–water partition coefficient (Wildman–Crippen LogP) is 2.65. The Balaban J connectivity index is 1.47. The third kappa shape index (κ3) is 4.51. The predicted molar refractivity (Wildman–Crippen MR) is 140 cm³/mol. The number of piperidine rings is 1. The molecule has 2 aromatic heterocycles. The zero-order chi connectivity index (χ0) is 27.1. The Morgan fingerprint density at radius 1 is 1.26 bits per heavy atom. The van der Waals surface area contributed by atoms with Crippen LogP contribution >= 0.6 is 11.6 Å². The summed E-state index contributed by atoms with van der Waals surface area (Å²) in [4.78, 5) is 36.1. The van der Waals surface area contributed by atoms with Crippen LogP contribution in [-0.2, 0) is 38.3 Å². The Hall–Kier alpha value is -3.53. The number of halogens is 1. The van der Waals surface area contributed by atoms with Crippen LogP contribution in [0.4, 0.5) is 5.69 Å². The second kappa shape index (κ2) is 9.98. The minimum Gasteiger partial charge on any atom is -0.326 e. The first-order valence-corrected chi connectivity index (χ1v) is 14.0. The van der Waals surface area contributed by atoms with Gasteiger partial charge in [-0.2, -0.15) is 18.0 Å². The van der Waals surface area contributed by atoms with Crippen molar-refractivity contribution >= 4 is 50.3 Å². The lowest BCUT2D eigenvalue weighted by molar-refractivity contribution is -0.124. The number of hydrogen-bond acceptors (Lipinski definition) is 7. The molecular formula is C25H26ClN7O4S. The fraction of sp³-hybridized carbons (Fsp3) is 0.400. The number of imidazole rings is 1. The Bertz CT molecular complexity index is 1570. The molecule has 11 nitrogen and oxygen atoms in total.